The Labute approximate surface area is 139 Å². The molecule has 0 unspecified atom stereocenters. The van der Waals surface area contributed by atoms with E-state index >= 15 is 0 Å². The smallest absolute Gasteiger partial charge is 0.153 e. The van der Waals surface area contributed by atoms with Crippen LogP contribution in [0, 0.1) is 5.82 Å². The molecule has 116 valence electrons. The van der Waals surface area contributed by atoms with Crippen LogP contribution in [0.4, 0.5) is 4.39 Å². The van der Waals surface area contributed by atoms with Crippen LogP contribution in [0.1, 0.15) is 0 Å². The lowest BCUT2D eigenvalue weighted by atomic mass is 10.1. The molecule has 0 bridgehead atoms. The number of hydrogen-bond donors (Lipinski definition) is 0. The molecular weight excluding hydrogens is 301 g/mol. The molecule has 2 aromatic carbocycles. The summed E-state index contributed by atoms with van der Waals surface area (Å²) in [6.07, 6.45) is 1.73. The normalized spacial score (nSPS) is 10.7. The molecule has 2 heterocycles. The Morgan fingerprint density at radius 1 is 0.750 bits per heavy atom. The Morgan fingerprint density at radius 3 is 2.21 bits per heavy atom. The largest absolute Gasteiger partial charge is 0.237 e. The predicted octanol–water partition coefficient (Wildman–Crippen LogP) is 4.74. The molecule has 0 atom stereocenters. The van der Waals surface area contributed by atoms with E-state index in [0.717, 1.165) is 28.3 Å². The van der Waals surface area contributed by atoms with Gasteiger partial charge in [-0.05, 0) is 42.5 Å². The van der Waals surface area contributed by atoms with Gasteiger partial charge in [0.15, 0.2) is 5.82 Å². The highest BCUT2D eigenvalue weighted by Crippen LogP contribution is 2.28. The van der Waals surface area contributed by atoms with E-state index in [0.29, 0.717) is 0 Å². The number of aromatic nitrogens is 3. The van der Waals surface area contributed by atoms with Gasteiger partial charge in [-0.25, -0.2) is 14.1 Å². The summed E-state index contributed by atoms with van der Waals surface area (Å²) in [4.78, 5) is 4.39. The fourth-order valence-electron chi connectivity index (χ4n) is 2.61. The summed E-state index contributed by atoms with van der Waals surface area (Å²) < 4.78 is 15.0. The fraction of sp³-hybridized carbons (Fsp3) is 0. The summed E-state index contributed by atoms with van der Waals surface area (Å²) in [5, 5.41) is 4.71. The number of hydrogen-bond acceptors (Lipinski definition) is 2. The number of nitrogens with zero attached hydrogens (tertiary/aromatic N) is 3. The van der Waals surface area contributed by atoms with Crippen molar-refractivity contribution in [2.45, 2.75) is 0 Å². The monoisotopic (exact) mass is 315 g/mol. The van der Waals surface area contributed by atoms with Crippen molar-refractivity contribution in [1.82, 2.24) is 14.8 Å². The lowest BCUT2D eigenvalue weighted by molar-refractivity contribution is 0.628. The van der Waals surface area contributed by atoms with E-state index in [9.17, 15) is 4.39 Å². The topological polar surface area (TPSA) is 30.7 Å². The van der Waals surface area contributed by atoms with Crippen molar-refractivity contribution >= 4 is 0 Å². The van der Waals surface area contributed by atoms with Crippen molar-refractivity contribution in [3.8, 4) is 28.3 Å². The van der Waals surface area contributed by atoms with Crippen molar-refractivity contribution in [3.63, 3.8) is 0 Å². The molecular formula is C20H14FN3. The summed E-state index contributed by atoms with van der Waals surface area (Å²) in [6.45, 7) is 0. The Bertz CT molecular complexity index is 945. The van der Waals surface area contributed by atoms with Crippen LogP contribution in [0.3, 0.4) is 0 Å². The standard InChI is InChI=1S/C20H14FN3/c21-17-11-9-16(10-12-17)19-14-18(15-6-2-1-3-7-15)23-24(19)20-8-4-5-13-22-20/h1-14H. The predicted molar refractivity (Wildman–Crippen MR) is 92.2 cm³/mol. The number of rotatable bonds is 3. The molecule has 0 saturated heterocycles. The van der Waals surface area contributed by atoms with E-state index < -0.39 is 0 Å². The third kappa shape index (κ3) is 2.70. The first-order valence-electron chi connectivity index (χ1n) is 7.64. The molecule has 0 aliphatic heterocycles. The fourth-order valence-corrected chi connectivity index (χ4v) is 2.61. The van der Waals surface area contributed by atoms with Gasteiger partial charge in [0.05, 0.1) is 11.4 Å². The molecule has 0 aliphatic rings. The molecule has 0 amide bonds. The molecule has 0 radical (unpaired) electrons. The highest BCUT2D eigenvalue weighted by molar-refractivity contribution is 5.70. The van der Waals surface area contributed by atoms with Crippen molar-refractivity contribution in [2.24, 2.45) is 0 Å². The van der Waals surface area contributed by atoms with E-state index in [1.54, 1.807) is 23.0 Å². The van der Waals surface area contributed by atoms with Crippen molar-refractivity contribution in [2.75, 3.05) is 0 Å². The highest BCUT2D eigenvalue weighted by atomic mass is 19.1. The highest BCUT2D eigenvalue weighted by Gasteiger charge is 2.13. The van der Waals surface area contributed by atoms with Gasteiger partial charge in [0.1, 0.15) is 5.82 Å². The van der Waals surface area contributed by atoms with Gasteiger partial charge in [-0.2, -0.15) is 5.10 Å². The molecule has 0 aliphatic carbocycles. The van der Waals surface area contributed by atoms with Gasteiger partial charge in [-0.15, -0.1) is 0 Å². The van der Waals surface area contributed by atoms with Gasteiger partial charge in [0.25, 0.3) is 0 Å². The van der Waals surface area contributed by atoms with Gasteiger partial charge in [0, 0.05) is 17.3 Å². The van der Waals surface area contributed by atoms with Crippen LogP contribution in [0.5, 0.6) is 0 Å². The van der Waals surface area contributed by atoms with Crippen LogP contribution < -0.4 is 0 Å². The zero-order valence-corrected chi connectivity index (χ0v) is 12.8. The van der Waals surface area contributed by atoms with E-state index in [4.69, 9.17) is 5.10 Å². The van der Waals surface area contributed by atoms with E-state index in [-0.39, 0.29) is 5.82 Å². The molecule has 0 spiro atoms. The third-order valence-corrected chi connectivity index (χ3v) is 3.79. The maximum atomic E-state index is 13.3. The Hall–Kier alpha value is -3.27. The molecule has 24 heavy (non-hydrogen) atoms. The van der Waals surface area contributed by atoms with Gasteiger partial charge in [-0.1, -0.05) is 36.4 Å². The lowest BCUT2D eigenvalue weighted by Gasteiger charge is -2.06. The molecule has 0 N–H and O–H groups in total. The van der Waals surface area contributed by atoms with Crippen LogP contribution in [0.25, 0.3) is 28.3 Å². The number of halogens is 1. The molecule has 3 nitrogen and oxygen atoms in total. The summed E-state index contributed by atoms with van der Waals surface area (Å²) in [7, 11) is 0. The maximum Gasteiger partial charge on any atom is 0.153 e. The van der Waals surface area contributed by atoms with Crippen LogP contribution in [0.15, 0.2) is 85.1 Å². The molecule has 2 aromatic heterocycles. The van der Waals surface area contributed by atoms with Crippen LogP contribution in [-0.2, 0) is 0 Å². The molecule has 4 heteroatoms. The second kappa shape index (κ2) is 6.08. The Kier molecular flexibility index (Phi) is 3.63. The minimum Gasteiger partial charge on any atom is -0.237 e. The van der Waals surface area contributed by atoms with Gasteiger partial charge < -0.3 is 0 Å². The van der Waals surface area contributed by atoms with Crippen LogP contribution in [0.2, 0.25) is 0 Å². The van der Waals surface area contributed by atoms with E-state index in [1.165, 1.54) is 12.1 Å². The SMILES string of the molecule is Fc1ccc(-c2cc(-c3ccccc3)nn2-c2ccccn2)cc1. The van der Waals surface area contributed by atoms with Crippen molar-refractivity contribution in [1.29, 1.82) is 0 Å². The van der Waals surface area contributed by atoms with Crippen LogP contribution in [-0.4, -0.2) is 14.8 Å². The first kappa shape index (κ1) is 14.3. The quantitative estimate of drug-likeness (QED) is 0.546. The molecule has 4 rings (SSSR count). The Morgan fingerprint density at radius 2 is 1.50 bits per heavy atom. The average Bonchev–Trinajstić information content (AvgIpc) is 3.09. The van der Waals surface area contributed by atoms with Gasteiger partial charge in [0.2, 0.25) is 0 Å². The first-order valence-corrected chi connectivity index (χ1v) is 7.64. The molecule has 0 fully saturated rings. The third-order valence-electron chi connectivity index (χ3n) is 3.79. The van der Waals surface area contributed by atoms with Crippen LogP contribution >= 0.6 is 0 Å². The second-order valence-electron chi connectivity index (χ2n) is 5.39. The number of pyridine rings is 1. The van der Waals surface area contributed by atoms with E-state index in [2.05, 4.69) is 4.98 Å². The lowest BCUT2D eigenvalue weighted by Crippen LogP contribution is -2.01. The minimum atomic E-state index is -0.258. The van der Waals surface area contributed by atoms with E-state index in [1.807, 2.05) is 54.6 Å². The average molecular weight is 315 g/mol. The molecule has 0 saturated carbocycles. The van der Waals surface area contributed by atoms with Crippen molar-refractivity contribution in [3.05, 3.63) is 90.9 Å². The zero-order chi connectivity index (χ0) is 16.4. The Balaban J connectivity index is 1.90. The summed E-state index contributed by atoms with van der Waals surface area (Å²) in [5.41, 5.74) is 3.63. The summed E-state index contributed by atoms with van der Waals surface area (Å²) in [6, 6.07) is 24.0. The van der Waals surface area contributed by atoms with Gasteiger partial charge in [-0.3, -0.25) is 0 Å². The number of benzene rings is 2. The van der Waals surface area contributed by atoms with Gasteiger partial charge >= 0.3 is 0 Å². The molecule has 4 aromatic rings. The summed E-state index contributed by atoms with van der Waals surface area (Å²) in [5.74, 6) is 0.463. The van der Waals surface area contributed by atoms with Crippen molar-refractivity contribution < 1.29 is 4.39 Å². The maximum absolute atomic E-state index is 13.3. The first-order chi connectivity index (χ1) is 11.8. The minimum absolute atomic E-state index is 0.258. The second-order valence-corrected chi connectivity index (χ2v) is 5.39. The zero-order valence-electron chi connectivity index (χ0n) is 12.8. The summed E-state index contributed by atoms with van der Waals surface area (Å²) >= 11 is 0.